The molecule has 0 fully saturated rings. The highest BCUT2D eigenvalue weighted by Gasteiger charge is 2.03. The molecule has 0 unspecified atom stereocenters. The van der Waals surface area contributed by atoms with Gasteiger partial charge >= 0.3 is 0 Å². The van der Waals surface area contributed by atoms with Crippen LogP contribution in [0.15, 0.2) is 30.6 Å². The van der Waals surface area contributed by atoms with Crippen molar-refractivity contribution in [3.63, 3.8) is 0 Å². The quantitative estimate of drug-likeness (QED) is 0.781. The van der Waals surface area contributed by atoms with Gasteiger partial charge in [0.25, 0.3) is 0 Å². The zero-order chi connectivity index (χ0) is 10.8. The predicted molar refractivity (Wildman–Crippen MR) is 59.0 cm³/mol. The summed E-state index contributed by atoms with van der Waals surface area (Å²) in [5.41, 5.74) is 7.91. The van der Waals surface area contributed by atoms with Crippen LogP contribution < -0.4 is 5.73 Å². The number of anilines is 1. The lowest BCUT2D eigenvalue weighted by atomic mass is 10.1. The first-order valence-corrected chi connectivity index (χ1v) is 4.83. The molecule has 3 N–H and O–H groups in total. The average molecular weight is 203 g/mol. The Morgan fingerprint density at radius 1 is 1.47 bits per heavy atom. The summed E-state index contributed by atoms with van der Waals surface area (Å²) in [5.74, 6) is 0.295. The third kappa shape index (κ3) is 1.79. The predicted octanol–water partition coefficient (Wildman–Crippen LogP) is 1.72. The topological polar surface area (TPSA) is 64.1 Å². The van der Waals surface area contributed by atoms with Crippen LogP contribution in [-0.2, 0) is 6.42 Å². The summed E-state index contributed by atoms with van der Waals surface area (Å²) in [6.07, 6.45) is 4.10. The molecule has 1 aromatic heterocycles. The number of phenolic OH excluding ortho intramolecular Hbond substituents is 1. The number of benzene rings is 1. The molecular weight excluding hydrogens is 190 g/mol. The number of aromatic nitrogens is 2. The van der Waals surface area contributed by atoms with Crippen LogP contribution in [0.1, 0.15) is 12.5 Å². The van der Waals surface area contributed by atoms with Gasteiger partial charge in [0.2, 0.25) is 0 Å². The molecule has 0 aliphatic rings. The molecule has 4 heteroatoms. The summed E-state index contributed by atoms with van der Waals surface area (Å²) in [7, 11) is 0. The number of nitrogen functional groups attached to an aromatic ring is 1. The standard InChI is InChI=1S/C11H13N3O/c1-2-8-3-4-10(5-11(8)15)14-7-9(12)6-13-14/h3-7,15H,2,12H2,1H3. The van der Waals surface area contributed by atoms with Crippen LogP contribution in [0.4, 0.5) is 5.69 Å². The summed E-state index contributed by atoms with van der Waals surface area (Å²) in [5, 5.41) is 13.8. The first kappa shape index (κ1) is 9.58. The monoisotopic (exact) mass is 203 g/mol. The molecule has 0 aliphatic heterocycles. The number of nitrogens with two attached hydrogens (primary N) is 1. The minimum Gasteiger partial charge on any atom is -0.508 e. The van der Waals surface area contributed by atoms with E-state index < -0.39 is 0 Å². The van der Waals surface area contributed by atoms with Gasteiger partial charge in [0.05, 0.1) is 23.8 Å². The molecule has 0 aliphatic carbocycles. The summed E-state index contributed by atoms with van der Waals surface area (Å²) < 4.78 is 1.63. The molecule has 0 atom stereocenters. The van der Waals surface area contributed by atoms with Gasteiger partial charge in [-0.1, -0.05) is 13.0 Å². The van der Waals surface area contributed by atoms with Crippen LogP contribution in [0.25, 0.3) is 5.69 Å². The van der Waals surface area contributed by atoms with Crippen LogP contribution >= 0.6 is 0 Å². The van der Waals surface area contributed by atoms with Crippen molar-refractivity contribution in [1.82, 2.24) is 9.78 Å². The van der Waals surface area contributed by atoms with E-state index in [-0.39, 0.29) is 0 Å². The molecule has 4 nitrogen and oxygen atoms in total. The van der Waals surface area contributed by atoms with E-state index in [0.29, 0.717) is 11.4 Å². The van der Waals surface area contributed by atoms with Crippen molar-refractivity contribution in [3.8, 4) is 11.4 Å². The minimum absolute atomic E-state index is 0.295. The number of rotatable bonds is 2. The Balaban J connectivity index is 2.42. The van der Waals surface area contributed by atoms with Crippen molar-refractivity contribution in [3.05, 3.63) is 36.2 Å². The van der Waals surface area contributed by atoms with Gasteiger partial charge in [0.15, 0.2) is 0 Å². The zero-order valence-electron chi connectivity index (χ0n) is 8.51. The highest BCUT2D eigenvalue weighted by atomic mass is 16.3. The zero-order valence-corrected chi connectivity index (χ0v) is 8.51. The molecule has 1 aromatic carbocycles. The maximum absolute atomic E-state index is 9.69. The molecule has 0 radical (unpaired) electrons. The SMILES string of the molecule is CCc1ccc(-n2cc(N)cn2)cc1O. The Morgan fingerprint density at radius 3 is 2.80 bits per heavy atom. The summed E-state index contributed by atoms with van der Waals surface area (Å²) in [4.78, 5) is 0. The second kappa shape index (κ2) is 3.65. The van der Waals surface area contributed by atoms with Crippen LogP contribution in [0.2, 0.25) is 0 Å². The van der Waals surface area contributed by atoms with E-state index in [1.54, 1.807) is 23.1 Å². The number of hydrogen-bond acceptors (Lipinski definition) is 3. The Labute approximate surface area is 88.0 Å². The van der Waals surface area contributed by atoms with E-state index in [0.717, 1.165) is 17.7 Å². The Kier molecular flexibility index (Phi) is 2.33. The normalized spacial score (nSPS) is 10.5. The molecular formula is C11H13N3O. The molecule has 0 bridgehead atoms. The summed E-state index contributed by atoms with van der Waals surface area (Å²) in [6, 6.07) is 5.48. The fourth-order valence-corrected chi connectivity index (χ4v) is 1.47. The average Bonchev–Trinajstić information content (AvgIpc) is 2.65. The third-order valence-corrected chi connectivity index (χ3v) is 2.32. The minimum atomic E-state index is 0.295. The smallest absolute Gasteiger partial charge is 0.120 e. The van der Waals surface area contributed by atoms with Crippen molar-refractivity contribution >= 4 is 5.69 Å². The maximum atomic E-state index is 9.69. The van der Waals surface area contributed by atoms with Crippen LogP contribution in [0.3, 0.4) is 0 Å². The Hall–Kier alpha value is -1.97. The summed E-state index contributed by atoms with van der Waals surface area (Å²) in [6.45, 7) is 2.00. The van der Waals surface area contributed by atoms with Gasteiger partial charge in [-0.2, -0.15) is 5.10 Å². The molecule has 0 amide bonds. The lowest BCUT2D eigenvalue weighted by Crippen LogP contribution is -1.94. The van der Waals surface area contributed by atoms with E-state index in [1.165, 1.54) is 0 Å². The van der Waals surface area contributed by atoms with E-state index in [1.807, 2.05) is 19.1 Å². The third-order valence-electron chi connectivity index (χ3n) is 2.32. The molecule has 0 saturated carbocycles. The number of aromatic hydroxyl groups is 1. The fraction of sp³-hybridized carbons (Fsp3) is 0.182. The molecule has 1 heterocycles. The van der Waals surface area contributed by atoms with Gasteiger partial charge in [0.1, 0.15) is 5.75 Å². The van der Waals surface area contributed by atoms with Crippen LogP contribution in [-0.4, -0.2) is 14.9 Å². The van der Waals surface area contributed by atoms with Gasteiger partial charge in [-0.05, 0) is 18.1 Å². The largest absolute Gasteiger partial charge is 0.508 e. The fourth-order valence-electron chi connectivity index (χ4n) is 1.47. The lowest BCUT2D eigenvalue weighted by molar-refractivity contribution is 0.468. The van der Waals surface area contributed by atoms with Crippen molar-refractivity contribution in [2.75, 3.05) is 5.73 Å². The second-order valence-electron chi connectivity index (χ2n) is 3.38. The van der Waals surface area contributed by atoms with E-state index >= 15 is 0 Å². The summed E-state index contributed by atoms with van der Waals surface area (Å²) >= 11 is 0. The van der Waals surface area contributed by atoms with Crippen LogP contribution in [0, 0.1) is 0 Å². The highest BCUT2D eigenvalue weighted by molar-refractivity contribution is 5.45. The van der Waals surface area contributed by atoms with Gasteiger partial charge in [-0.15, -0.1) is 0 Å². The van der Waals surface area contributed by atoms with Crippen molar-refractivity contribution < 1.29 is 5.11 Å². The Bertz CT molecular complexity index is 476. The van der Waals surface area contributed by atoms with Gasteiger partial charge in [-0.3, -0.25) is 0 Å². The molecule has 2 aromatic rings. The molecule has 0 spiro atoms. The van der Waals surface area contributed by atoms with E-state index in [4.69, 9.17) is 5.73 Å². The number of phenols is 1. The van der Waals surface area contributed by atoms with Gasteiger partial charge in [-0.25, -0.2) is 4.68 Å². The molecule has 2 rings (SSSR count). The van der Waals surface area contributed by atoms with E-state index in [2.05, 4.69) is 5.10 Å². The van der Waals surface area contributed by atoms with Gasteiger partial charge in [0, 0.05) is 6.07 Å². The molecule has 0 saturated heterocycles. The number of hydrogen-bond donors (Lipinski definition) is 2. The first-order chi connectivity index (χ1) is 7.20. The Morgan fingerprint density at radius 2 is 2.27 bits per heavy atom. The first-order valence-electron chi connectivity index (χ1n) is 4.83. The molecule has 15 heavy (non-hydrogen) atoms. The van der Waals surface area contributed by atoms with Crippen molar-refractivity contribution in [1.29, 1.82) is 0 Å². The highest BCUT2D eigenvalue weighted by Crippen LogP contribution is 2.21. The van der Waals surface area contributed by atoms with E-state index in [9.17, 15) is 5.11 Å². The van der Waals surface area contributed by atoms with Crippen molar-refractivity contribution in [2.45, 2.75) is 13.3 Å². The maximum Gasteiger partial charge on any atom is 0.120 e. The van der Waals surface area contributed by atoms with Gasteiger partial charge < -0.3 is 10.8 Å². The number of nitrogens with zero attached hydrogens (tertiary/aromatic N) is 2. The van der Waals surface area contributed by atoms with Crippen molar-refractivity contribution in [2.24, 2.45) is 0 Å². The second-order valence-corrected chi connectivity index (χ2v) is 3.38. The molecule has 78 valence electrons. The van der Waals surface area contributed by atoms with Crippen LogP contribution in [0.5, 0.6) is 5.75 Å². The lowest BCUT2D eigenvalue weighted by Gasteiger charge is -2.05. The number of aryl methyl sites for hydroxylation is 1.